The second-order valence-corrected chi connectivity index (χ2v) is 4.24. The average molecular weight is 300 g/mol. The van der Waals surface area contributed by atoms with Gasteiger partial charge >= 0.3 is 5.69 Å². The Labute approximate surface area is 117 Å². The zero-order valence-electron chi connectivity index (χ0n) is 9.30. The lowest BCUT2D eigenvalue weighted by Crippen LogP contribution is -2.05. The molecule has 2 aromatic rings. The van der Waals surface area contributed by atoms with E-state index in [2.05, 4.69) is 15.3 Å². The average Bonchev–Trinajstić information content (AvgIpc) is 2.30. The maximum absolute atomic E-state index is 10.9. The summed E-state index contributed by atoms with van der Waals surface area (Å²) < 4.78 is 0. The molecular weight excluding hydrogens is 293 g/mol. The molecule has 2 rings (SSSR count). The van der Waals surface area contributed by atoms with Crippen LogP contribution < -0.4 is 11.1 Å². The maximum Gasteiger partial charge on any atom is 0.353 e. The molecule has 1 heterocycles. The normalized spacial score (nSPS) is 10.2. The van der Waals surface area contributed by atoms with Gasteiger partial charge in [-0.3, -0.25) is 10.1 Å². The van der Waals surface area contributed by atoms with E-state index in [4.69, 9.17) is 28.9 Å². The summed E-state index contributed by atoms with van der Waals surface area (Å²) in [4.78, 5) is 17.6. The lowest BCUT2D eigenvalue weighted by molar-refractivity contribution is -0.383. The fourth-order valence-corrected chi connectivity index (χ4v) is 1.68. The molecule has 9 heteroatoms. The van der Waals surface area contributed by atoms with Crippen LogP contribution in [0.3, 0.4) is 0 Å². The van der Waals surface area contributed by atoms with E-state index in [9.17, 15) is 10.1 Å². The number of nitrogens with two attached hydrogens (primary N) is 1. The third-order valence-corrected chi connectivity index (χ3v) is 2.59. The van der Waals surface area contributed by atoms with Crippen LogP contribution in [0.1, 0.15) is 0 Å². The number of nitro groups is 1. The summed E-state index contributed by atoms with van der Waals surface area (Å²) in [5, 5.41) is 14.0. The van der Waals surface area contributed by atoms with Crippen LogP contribution in [0.5, 0.6) is 0 Å². The molecule has 98 valence electrons. The highest BCUT2D eigenvalue weighted by Crippen LogP contribution is 2.31. The molecule has 0 aliphatic rings. The first-order valence-electron chi connectivity index (χ1n) is 4.97. The Morgan fingerprint density at radius 1 is 1.21 bits per heavy atom. The summed E-state index contributed by atoms with van der Waals surface area (Å²) >= 11 is 11.4. The van der Waals surface area contributed by atoms with Crippen LogP contribution in [-0.4, -0.2) is 14.9 Å². The van der Waals surface area contributed by atoms with Gasteiger partial charge in [0.2, 0.25) is 16.9 Å². The number of hydrogen-bond donors (Lipinski definition) is 2. The second kappa shape index (κ2) is 5.25. The standard InChI is InChI=1S/C10H7Cl2N5O2/c11-5-1-3-6(4-2-5)14-9-7(17(18)19)8(13)15-10(12)16-9/h1-4H,(H3,13,14,15,16). The minimum atomic E-state index is -0.677. The van der Waals surface area contributed by atoms with E-state index in [1.807, 2.05) is 0 Å². The van der Waals surface area contributed by atoms with Gasteiger partial charge in [-0.25, -0.2) is 0 Å². The van der Waals surface area contributed by atoms with E-state index in [-0.39, 0.29) is 16.9 Å². The van der Waals surface area contributed by atoms with Crippen LogP contribution in [0.25, 0.3) is 0 Å². The Hall–Kier alpha value is -2.12. The van der Waals surface area contributed by atoms with E-state index in [0.717, 1.165) is 0 Å². The van der Waals surface area contributed by atoms with Crippen LogP contribution in [0.15, 0.2) is 24.3 Å². The lowest BCUT2D eigenvalue weighted by atomic mass is 10.3. The quantitative estimate of drug-likeness (QED) is 0.512. The van der Waals surface area contributed by atoms with Gasteiger partial charge in [0.05, 0.1) is 4.92 Å². The number of aromatic nitrogens is 2. The van der Waals surface area contributed by atoms with Gasteiger partial charge in [-0.1, -0.05) is 11.6 Å². The van der Waals surface area contributed by atoms with E-state index >= 15 is 0 Å². The van der Waals surface area contributed by atoms with Gasteiger partial charge in [0.25, 0.3) is 0 Å². The molecule has 0 amide bonds. The highest BCUT2D eigenvalue weighted by Gasteiger charge is 2.22. The molecule has 0 aliphatic carbocycles. The fourth-order valence-electron chi connectivity index (χ4n) is 1.38. The zero-order chi connectivity index (χ0) is 14.0. The zero-order valence-corrected chi connectivity index (χ0v) is 10.8. The number of rotatable bonds is 3. The number of hydrogen-bond acceptors (Lipinski definition) is 6. The van der Waals surface area contributed by atoms with Crippen molar-refractivity contribution in [2.24, 2.45) is 0 Å². The number of anilines is 3. The van der Waals surface area contributed by atoms with Crippen molar-refractivity contribution in [3.05, 3.63) is 44.7 Å². The monoisotopic (exact) mass is 299 g/mol. The smallest absolute Gasteiger partial charge is 0.353 e. The largest absolute Gasteiger partial charge is 0.378 e. The van der Waals surface area contributed by atoms with E-state index in [0.29, 0.717) is 10.7 Å². The van der Waals surface area contributed by atoms with Crippen molar-refractivity contribution in [1.82, 2.24) is 9.97 Å². The molecule has 0 bridgehead atoms. The van der Waals surface area contributed by atoms with Crippen molar-refractivity contribution in [3.63, 3.8) is 0 Å². The molecule has 0 saturated heterocycles. The van der Waals surface area contributed by atoms with Crippen molar-refractivity contribution in [2.75, 3.05) is 11.1 Å². The van der Waals surface area contributed by atoms with Crippen molar-refractivity contribution >= 4 is 46.2 Å². The molecule has 1 aromatic heterocycles. The van der Waals surface area contributed by atoms with Gasteiger partial charge in [0, 0.05) is 10.7 Å². The third-order valence-electron chi connectivity index (χ3n) is 2.17. The summed E-state index contributed by atoms with van der Waals surface area (Å²) in [6.07, 6.45) is 0. The topological polar surface area (TPSA) is 107 Å². The first-order chi connectivity index (χ1) is 8.97. The van der Waals surface area contributed by atoms with Gasteiger partial charge in [-0.15, -0.1) is 0 Å². The summed E-state index contributed by atoms with van der Waals surface area (Å²) in [7, 11) is 0. The van der Waals surface area contributed by atoms with E-state index in [1.54, 1.807) is 24.3 Å². The Morgan fingerprint density at radius 3 is 2.42 bits per heavy atom. The molecule has 0 atom stereocenters. The lowest BCUT2D eigenvalue weighted by Gasteiger charge is -2.07. The molecule has 0 spiro atoms. The van der Waals surface area contributed by atoms with Gasteiger partial charge in [0.1, 0.15) is 0 Å². The molecule has 1 aromatic carbocycles. The molecule has 0 fully saturated rings. The number of benzene rings is 1. The van der Waals surface area contributed by atoms with E-state index < -0.39 is 10.6 Å². The summed E-state index contributed by atoms with van der Waals surface area (Å²) in [5.41, 5.74) is 5.59. The Bertz CT molecular complexity index is 633. The molecule has 0 aliphatic heterocycles. The molecule has 7 nitrogen and oxygen atoms in total. The Morgan fingerprint density at radius 2 is 1.84 bits per heavy atom. The molecule has 0 saturated carbocycles. The minimum absolute atomic E-state index is 0.0789. The Kier molecular flexibility index (Phi) is 3.68. The molecule has 0 radical (unpaired) electrons. The third kappa shape index (κ3) is 3.01. The molecule has 3 N–H and O–H groups in total. The molecule has 19 heavy (non-hydrogen) atoms. The van der Waals surface area contributed by atoms with E-state index in [1.165, 1.54) is 0 Å². The number of nitrogens with one attached hydrogen (secondary N) is 1. The summed E-state index contributed by atoms with van der Waals surface area (Å²) in [5.74, 6) is -0.383. The van der Waals surface area contributed by atoms with Crippen molar-refractivity contribution in [3.8, 4) is 0 Å². The predicted molar refractivity (Wildman–Crippen MR) is 72.8 cm³/mol. The van der Waals surface area contributed by atoms with Crippen molar-refractivity contribution in [1.29, 1.82) is 0 Å². The van der Waals surface area contributed by atoms with Gasteiger partial charge in [0.15, 0.2) is 0 Å². The molecular formula is C10H7Cl2N5O2. The number of halogens is 2. The summed E-state index contributed by atoms with van der Waals surface area (Å²) in [6.45, 7) is 0. The van der Waals surface area contributed by atoms with Crippen LogP contribution in [0.4, 0.5) is 23.0 Å². The first-order valence-corrected chi connectivity index (χ1v) is 5.73. The van der Waals surface area contributed by atoms with Gasteiger partial charge in [-0.2, -0.15) is 9.97 Å². The highest BCUT2D eigenvalue weighted by atomic mass is 35.5. The van der Waals surface area contributed by atoms with Gasteiger partial charge in [-0.05, 0) is 35.9 Å². The number of nitrogens with zero attached hydrogens (tertiary/aromatic N) is 3. The summed E-state index contributed by atoms with van der Waals surface area (Å²) in [6, 6.07) is 6.53. The fraction of sp³-hybridized carbons (Fsp3) is 0. The van der Waals surface area contributed by atoms with Crippen molar-refractivity contribution in [2.45, 2.75) is 0 Å². The van der Waals surface area contributed by atoms with Crippen molar-refractivity contribution < 1.29 is 4.92 Å². The highest BCUT2D eigenvalue weighted by molar-refractivity contribution is 6.30. The number of nitrogen functional groups attached to an aromatic ring is 1. The second-order valence-electron chi connectivity index (χ2n) is 3.46. The van der Waals surface area contributed by atoms with Crippen LogP contribution in [-0.2, 0) is 0 Å². The SMILES string of the molecule is Nc1nc(Cl)nc(Nc2ccc(Cl)cc2)c1[N+](=O)[O-]. The Balaban J connectivity index is 2.44. The first kappa shape index (κ1) is 13.3. The predicted octanol–water partition coefficient (Wildman–Crippen LogP) is 3.02. The van der Waals surface area contributed by atoms with Crippen LogP contribution >= 0.6 is 23.2 Å². The molecule has 0 unspecified atom stereocenters. The van der Waals surface area contributed by atoms with Gasteiger partial charge < -0.3 is 11.1 Å². The minimum Gasteiger partial charge on any atom is -0.378 e. The maximum atomic E-state index is 10.9. The van der Waals surface area contributed by atoms with Crippen LogP contribution in [0.2, 0.25) is 10.3 Å². The van der Waals surface area contributed by atoms with Crippen LogP contribution in [0, 0.1) is 10.1 Å².